The van der Waals surface area contributed by atoms with Crippen molar-refractivity contribution in [3.8, 4) is 0 Å². The van der Waals surface area contributed by atoms with Gasteiger partial charge in [-0.05, 0) is 26.0 Å². The van der Waals surface area contributed by atoms with Crippen LogP contribution in [0.1, 0.15) is 19.4 Å². The number of benzene rings is 1. The van der Waals surface area contributed by atoms with Gasteiger partial charge in [-0.25, -0.2) is 9.79 Å². The number of esters is 1. The van der Waals surface area contributed by atoms with Crippen LogP contribution in [0.3, 0.4) is 0 Å². The van der Waals surface area contributed by atoms with E-state index in [9.17, 15) is 4.79 Å². The van der Waals surface area contributed by atoms with Gasteiger partial charge in [0.15, 0.2) is 5.54 Å². The minimum absolute atomic E-state index is 0.329. The third kappa shape index (κ3) is 1.90. The van der Waals surface area contributed by atoms with Gasteiger partial charge in [-0.1, -0.05) is 18.2 Å². The topological polar surface area (TPSA) is 47.9 Å². The molecule has 1 unspecified atom stereocenters. The Morgan fingerprint density at radius 1 is 1.41 bits per heavy atom. The Bertz CT molecular complexity index is 455. The molecule has 1 aromatic rings. The highest BCUT2D eigenvalue weighted by Crippen LogP contribution is 2.28. The number of carbonyl (C=O) groups is 1. The van der Waals surface area contributed by atoms with Crippen LogP contribution in [0.4, 0.5) is 0 Å². The lowest BCUT2D eigenvalue weighted by molar-refractivity contribution is -0.148. The van der Waals surface area contributed by atoms with Crippen LogP contribution >= 0.6 is 0 Å². The van der Waals surface area contributed by atoms with Gasteiger partial charge in [0.2, 0.25) is 5.90 Å². The van der Waals surface area contributed by atoms with Crippen molar-refractivity contribution >= 4 is 11.9 Å². The van der Waals surface area contributed by atoms with Gasteiger partial charge >= 0.3 is 5.97 Å². The van der Waals surface area contributed by atoms with E-state index in [1.54, 1.807) is 6.92 Å². The second-order valence-corrected chi connectivity index (χ2v) is 4.18. The fourth-order valence-corrected chi connectivity index (χ4v) is 1.74. The Labute approximate surface area is 100 Å². The Morgan fingerprint density at radius 2 is 2.06 bits per heavy atom. The number of hydrogen-bond acceptors (Lipinski definition) is 4. The third-order valence-electron chi connectivity index (χ3n) is 3.03. The molecule has 0 radical (unpaired) electrons. The summed E-state index contributed by atoms with van der Waals surface area (Å²) in [5, 5.41) is 0. The maximum Gasteiger partial charge on any atom is 0.337 e. The number of carbonyl (C=O) groups excluding carboxylic acids is 1. The van der Waals surface area contributed by atoms with Gasteiger partial charge in [0.1, 0.15) is 6.10 Å². The number of rotatable bonds is 2. The van der Waals surface area contributed by atoms with E-state index < -0.39 is 5.54 Å². The predicted octanol–water partition coefficient (Wildman–Crippen LogP) is 1.78. The molecule has 0 saturated carbocycles. The normalized spacial score (nSPS) is 27.2. The summed E-state index contributed by atoms with van der Waals surface area (Å²) in [5.74, 6) is 0.113. The molecule has 4 nitrogen and oxygen atoms in total. The van der Waals surface area contributed by atoms with Crippen molar-refractivity contribution in [3.05, 3.63) is 35.9 Å². The van der Waals surface area contributed by atoms with Gasteiger partial charge in [-0.2, -0.15) is 0 Å². The number of nitrogens with zero attached hydrogens (tertiary/aromatic N) is 1. The van der Waals surface area contributed by atoms with Gasteiger partial charge in [0.05, 0.1) is 7.11 Å². The lowest BCUT2D eigenvalue weighted by Crippen LogP contribution is -2.42. The van der Waals surface area contributed by atoms with Gasteiger partial charge < -0.3 is 9.47 Å². The average molecular weight is 233 g/mol. The average Bonchev–Trinajstić information content (AvgIpc) is 2.67. The molecule has 0 N–H and O–H groups in total. The van der Waals surface area contributed by atoms with Crippen molar-refractivity contribution in [1.82, 2.24) is 0 Å². The molecule has 0 bridgehead atoms. The Hall–Kier alpha value is -1.84. The number of aliphatic imine (C=N–C) groups is 1. The van der Waals surface area contributed by atoms with Gasteiger partial charge in [0.25, 0.3) is 0 Å². The SMILES string of the molecule is COC(=O)[C@]1(C)N=C(c2ccccc2)OC1C. The molecule has 4 heteroatoms. The van der Waals surface area contributed by atoms with Crippen LogP contribution in [0.15, 0.2) is 35.3 Å². The number of ether oxygens (including phenoxy) is 2. The highest BCUT2D eigenvalue weighted by Gasteiger charge is 2.47. The zero-order valence-corrected chi connectivity index (χ0v) is 10.1. The summed E-state index contributed by atoms with van der Waals surface area (Å²) in [5.41, 5.74) is -0.0908. The summed E-state index contributed by atoms with van der Waals surface area (Å²) in [6.45, 7) is 3.54. The molecule has 0 aromatic heterocycles. The lowest BCUT2D eigenvalue weighted by Gasteiger charge is -2.20. The summed E-state index contributed by atoms with van der Waals surface area (Å²) in [4.78, 5) is 16.1. The van der Waals surface area contributed by atoms with E-state index in [0.29, 0.717) is 5.90 Å². The summed E-state index contributed by atoms with van der Waals surface area (Å²) in [6, 6.07) is 9.52. The number of hydrogen-bond donors (Lipinski definition) is 0. The Morgan fingerprint density at radius 3 is 2.65 bits per heavy atom. The fraction of sp³-hybridized carbons (Fsp3) is 0.385. The van der Waals surface area contributed by atoms with Crippen molar-refractivity contribution in [1.29, 1.82) is 0 Å². The van der Waals surface area contributed by atoms with Crippen LogP contribution in [-0.4, -0.2) is 30.6 Å². The maximum absolute atomic E-state index is 11.7. The second kappa shape index (κ2) is 4.20. The van der Waals surface area contributed by atoms with Crippen molar-refractivity contribution in [2.45, 2.75) is 25.5 Å². The highest BCUT2D eigenvalue weighted by molar-refractivity contribution is 5.99. The van der Waals surface area contributed by atoms with E-state index in [4.69, 9.17) is 9.47 Å². The standard InChI is InChI=1S/C13H15NO3/c1-9-13(2,12(15)16-3)14-11(17-9)10-7-5-4-6-8-10/h4-9H,1-3H3/t9?,13-/m1/s1. The molecule has 0 spiro atoms. The molecule has 0 aliphatic carbocycles. The van der Waals surface area contributed by atoms with Crippen molar-refractivity contribution in [3.63, 3.8) is 0 Å². The molecule has 0 saturated heterocycles. The van der Waals surface area contributed by atoms with Crippen LogP contribution in [0.2, 0.25) is 0 Å². The summed E-state index contributed by atoms with van der Waals surface area (Å²) in [7, 11) is 1.36. The van der Waals surface area contributed by atoms with Crippen LogP contribution in [0, 0.1) is 0 Å². The largest absolute Gasteiger partial charge is 0.471 e. The Kier molecular flexibility index (Phi) is 2.88. The van der Waals surface area contributed by atoms with Crippen LogP contribution in [-0.2, 0) is 14.3 Å². The first-order valence-electron chi connectivity index (χ1n) is 5.48. The lowest BCUT2D eigenvalue weighted by atomic mass is 9.98. The van der Waals surface area contributed by atoms with E-state index in [1.165, 1.54) is 7.11 Å². The first-order valence-corrected chi connectivity index (χ1v) is 5.48. The molecular formula is C13H15NO3. The second-order valence-electron chi connectivity index (χ2n) is 4.18. The highest BCUT2D eigenvalue weighted by atomic mass is 16.5. The van der Waals surface area contributed by atoms with E-state index in [-0.39, 0.29) is 12.1 Å². The monoisotopic (exact) mass is 233 g/mol. The fourth-order valence-electron chi connectivity index (χ4n) is 1.74. The van der Waals surface area contributed by atoms with Crippen molar-refractivity contribution in [2.75, 3.05) is 7.11 Å². The molecule has 0 fully saturated rings. The third-order valence-corrected chi connectivity index (χ3v) is 3.03. The summed E-state index contributed by atoms with van der Waals surface area (Å²) in [6.07, 6.45) is -0.329. The van der Waals surface area contributed by atoms with Crippen LogP contribution < -0.4 is 0 Å². The molecule has 17 heavy (non-hydrogen) atoms. The summed E-state index contributed by atoms with van der Waals surface area (Å²) < 4.78 is 10.4. The molecule has 1 heterocycles. The molecule has 1 aromatic carbocycles. The minimum atomic E-state index is -0.958. The summed E-state index contributed by atoms with van der Waals surface area (Å²) >= 11 is 0. The quantitative estimate of drug-likeness (QED) is 0.731. The van der Waals surface area contributed by atoms with Gasteiger partial charge in [-0.3, -0.25) is 0 Å². The molecular weight excluding hydrogens is 218 g/mol. The minimum Gasteiger partial charge on any atom is -0.471 e. The smallest absolute Gasteiger partial charge is 0.337 e. The Balaban J connectivity index is 2.35. The number of methoxy groups -OCH3 is 1. The zero-order chi connectivity index (χ0) is 12.5. The van der Waals surface area contributed by atoms with Gasteiger partial charge in [0, 0.05) is 5.56 Å². The van der Waals surface area contributed by atoms with E-state index in [1.807, 2.05) is 37.3 Å². The van der Waals surface area contributed by atoms with E-state index in [2.05, 4.69) is 4.99 Å². The molecule has 0 amide bonds. The molecule has 1 aliphatic rings. The van der Waals surface area contributed by atoms with Crippen LogP contribution in [0.25, 0.3) is 0 Å². The van der Waals surface area contributed by atoms with Crippen molar-refractivity contribution in [2.24, 2.45) is 4.99 Å². The molecule has 1 aliphatic heterocycles. The van der Waals surface area contributed by atoms with Crippen molar-refractivity contribution < 1.29 is 14.3 Å². The molecule has 2 rings (SSSR count). The molecule has 90 valence electrons. The van der Waals surface area contributed by atoms with Gasteiger partial charge in [-0.15, -0.1) is 0 Å². The van der Waals surface area contributed by atoms with Crippen LogP contribution in [0.5, 0.6) is 0 Å². The first kappa shape index (κ1) is 11.6. The molecule has 2 atom stereocenters. The van der Waals surface area contributed by atoms with E-state index in [0.717, 1.165) is 5.56 Å². The van der Waals surface area contributed by atoms with E-state index >= 15 is 0 Å². The first-order chi connectivity index (χ1) is 8.08. The maximum atomic E-state index is 11.7. The predicted molar refractivity (Wildman–Crippen MR) is 63.9 cm³/mol. The zero-order valence-electron chi connectivity index (χ0n) is 10.1.